The van der Waals surface area contributed by atoms with Gasteiger partial charge in [0.1, 0.15) is 24.0 Å². The molecule has 7 heteroatoms. The number of amides is 1. The fourth-order valence-corrected chi connectivity index (χ4v) is 2.80. The minimum Gasteiger partial charge on any atom is -0.386 e. The Morgan fingerprint density at radius 2 is 2.38 bits per heavy atom. The van der Waals surface area contributed by atoms with E-state index in [0.29, 0.717) is 29.8 Å². The van der Waals surface area contributed by atoms with Gasteiger partial charge in [-0.15, -0.1) is 0 Å². The van der Waals surface area contributed by atoms with Gasteiger partial charge >= 0.3 is 0 Å². The Kier molecular flexibility index (Phi) is 4.59. The van der Waals surface area contributed by atoms with Crippen LogP contribution in [0.15, 0.2) is 52.6 Å². The Bertz CT molecular complexity index is 744. The van der Waals surface area contributed by atoms with Crippen molar-refractivity contribution in [1.29, 1.82) is 0 Å². The molecule has 0 aromatic heterocycles. The Labute approximate surface area is 145 Å². The number of aliphatic imine (C=N–C) groups is 1. The number of ether oxygens (including phenoxy) is 1. The van der Waals surface area contributed by atoms with Crippen molar-refractivity contribution in [2.45, 2.75) is 18.5 Å². The van der Waals surface area contributed by atoms with Crippen molar-refractivity contribution in [3.8, 4) is 0 Å². The Hall–Kier alpha value is -2.31. The fraction of sp³-hybridized carbons (Fsp3) is 0.294. The largest absolute Gasteiger partial charge is 0.386 e. The van der Waals surface area contributed by atoms with E-state index in [1.807, 2.05) is 31.2 Å². The molecule has 126 valence electrons. The van der Waals surface area contributed by atoms with Crippen LogP contribution < -0.4 is 16.4 Å². The van der Waals surface area contributed by atoms with Gasteiger partial charge in [-0.1, -0.05) is 29.8 Å². The zero-order valence-corrected chi connectivity index (χ0v) is 14.0. The molecule has 1 aromatic rings. The summed E-state index contributed by atoms with van der Waals surface area (Å²) >= 11 is 5.83. The third kappa shape index (κ3) is 3.60. The summed E-state index contributed by atoms with van der Waals surface area (Å²) in [4.78, 5) is 16.8. The van der Waals surface area contributed by atoms with Crippen molar-refractivity contribution in [1.82, 2.24) is 5.32 Å². The van der Waals surface area contributed by atoms with Crippen LogP contribution in [0, 0.1) is 0 Å². The molecule has 4 N–H and O–H groups in total. The van der Waals surface area contributed by atoms with E-state index < -0.39 is 11.6 Å². The first-order chi connectivity index (χ1) is 11.5. The predicted octanol–water partition coefficient (Wildman–Crippen LogP) is 1.84. The molecule has 6 nitrogen and oxygen atoms in total. The summed E-state index contributed by atoms with van der Waals surface area (Å²) in [6.45, 7) is 2.75. The number of rotatable bonds is 3. The zero-order valence-electron chi connectivity index (χ0n) is 13.3. The van der Waals surface area contributed by atoms with E-state index in [2.05, 4.69) is 15.6 Å². The smallest absolute Gasteiger partial charge is 0.250 e. The Morgan fingerprint density at radius 1 is 1.54 bits per heavy atom. The minimum atomic E-state index is -0.553. The number of allylic oxidation sites excluding steroid dienone is 2. The lowest BCUT2D eigenvalue weighted by Crippen LogP contribution is -2.38. The van der Waals surface area contributed by atoms with Gasteiger partial charge in [0.2, 0.25) is 0 Å². The van der Waals surface area contributed by atoms with E-state index in [1.54, 1.807) is 18.4 Å². The van der Waals surface area contributed by atoms with Gasteiger partial charge in [0.05, 0.1) is 11.6 Å². The van der Waals surface area contributed by atoms with Gasteiger partial charge in [-0.05, 0) is 30.7 Å². The fourth-order valence-electron chi connectivity index (χ4n) is 2.66. The maximum absolute atomic E-state index is 12.3. The third-order valence-electron chi connectivity index (χ3n) is 3.91. The molecule has 1 aromatic carbocycles. The van der Waals surface area contributed by atoms with E-state index >= 15 is 0 Å². The topological polar surface area (TPSA) is 88.7 Å². The van der Waals surface area contributed by atoms with Crippen LogP contribution in [0.1, 0.15) is 12.5 Å². The molecule has 2 aliphatic heterocycles. The predicted molar refractivity (Wildman–Crippen MR) is 94.9 cm³/mol. The molecule has 0 bridgehead atoms. The molecule has 3 rings (SSSR count). The lowest BCUT2D eigenvalue weighted by molar-refractivity contribution is -0.116. The minimum absolute atomic E-state index is 0.170. The molecule has 0 aliphatic carbocycles. The first-order valence-corrected chi connectivity index (χ1v) is 7.97. The number of nitrogens with two attached hydrogens (primary N) is 1. The van der Waals surface area contributed by atoms with Crippen LogP contribution in [0.2, 0.25) is 0 Å². The third-order valence-corrected chi connectivity index (χ3v) is 4.14. The summed E-state index contributed by atoms with van der Waals surface area (Å²) in [5.41, 5.74) is 6.86. The first kappa shape index (κ1) is 16.5. The van der Waals surface area contributed by atoms with Crippen molar-refractivity contribution in [3.05, 3.63) is 53.2 Å². The molecule has 2 unspecified atom stereocenters. The summed E-state index contributed by atoms with van der Waals surface area (Å²) in [5, 5.41) is 6.37. The molecule has 2 atom stereocenters. The molecular weight excluding hydrogens is 328 g/mol. The summed E-state index contributed by atoms with van der Waals surface area (Å²) in [6, 6.07) is 7.08. The molecule has 0 radical (unpaired) electrons. The number of hydrogen-bond donors (Lipinski definition) is 3. The molecule has 0 fully saturated rings. The lowest BCUT2D eigenvalue weighted by atomic mass is 9.92. The monoisotopic (exact) mass is 346 g/mol. The Morgan fingerprint density at radius 3 is 3.08 bits per heavy atom. The summed E-state index contributed by atoms with van der Waals surface area (Å²) in [6.07, 6.45) is 5.00. The highest BCUT2D eigenvalue weighted by Crippen LogP contribution is 2.30. The molecule has 1 amide bonds. The van der Waals surface area contributed by atoms with Crippen LogP contribution in [0.4, 0.5) is 5.69 Å². The summed E-state index contributed by atoms with van der Waals surface area (Å²) in [5.74, 6) is 0.301. The maximum Gasteiger partial charge on any atom is 0.250 e. The van der Waals surface area contributed by atoms with E-state index in [4.69, 9.17) is 22.1 Å². The number of nitrogens with one attached hydrogen (secondary N) is 2. The van der Waals surface area contributed by atoms with Crippen LogP contribution in [-0.4, -0.2) is 31.0 Å². The molecule has 2 heterocycles. The SMILES string of the molecule is CC1(c2cccc(NC(=O)C3C=CC(Cl)=CN3)c2)COCC(N)=N1. The number of nitrogens with zero attached hydrogens (tertiary/aromatic N) is 1. The summed E-state index contributed by atoms with van der Waals surface area (Å²) < 4.78 is 5.50. The number of carbonyl (C=O) groups is 1. The van der Waals surface area contributed by atoms with Gasteiger partial charge < -0.3 is 21.1 Å². The molecule has 2 aliphatic rings. The highest BCUT2D eigenvalue weighted by Gasteiger charge is 2.30. The number of halogens is 1. The van der Waals surface area contributed by atoms with Crippen molar-refractivity contribution >= 4 is 29.0 Å². The maximum atomic E-state index is 12.3. The first-order valence-electron chi connectivity index (χ1n) is 7.59. The van der Waals surface area contributed by atoms with Gasteiger partial charge in [-0.2, -0.15) is 0 Å². The second-order valence-corrected chi connectivity index (χ2v) is 6.41. The highest BCUT2D eigenvalue weighted by molar-refractivity contribution is 6.31. The standard InChI is InChI=1S/C17H19ClN4O2/c1-17(10-24-9-15(19)22-17)11-3-2-4-13(7-11)21-16(23)14-6-5-12(18)8-20-14/h2-8,14,20H,9-10H2,1H3,(H2,19,22)(H,21,23). The van der Waals surface area contributed by atoms with Crippen LogP contribution in [-0.2, 0) is 15.1 Å². The number of carbonyl (C=O) groups excluding carboxylic acids is 1. The average molecular weight is 347 g/mol. The highest BCUT2D eigenvalue weighted by atomic mass is 35.5. The van der Waals surface area contributed by atoms with E-state index in [9.17, 15) is 4.79 Å². The van der Waals surface area contributed by atoms with Crippen LogP contribution in [0.5, 0.6) is 0 Å². The van der Waals surface area contributed by atoms with Gasteiger partial charge in [-0.25, -0.2) is 0 Å². The number of anilines is 1. The quantitative estimate of drug-likeness (QED) is 0.779. The van der Waals surface area contributed by atoms with E-state index in [0.717, 1.165) is 5.56 Å². The summed E-state index contributed by atoms with van der Waals surface area (Å²) in [7, 11) is 0. The van der Waals surface area contributed by atoms with Crippen molar-refractivity contribution < 1.29 is 9.53 Å². The van der Waals surface area contributed by atoms with Crippen LogP contribution in [0.3, 0.4) is 0 Å². The van der Waals surface area contributed by atoms with E-state index in [1.165, 1.54) is 0 Å². The number of hydrogen-bond acceptors (Lipinski definition) is 5. The van der Waals surface area contributed by atoms with Crippen molar-refractivity contribution in [3.63, 3.8) is 0 Å². The molecular formula is C17H19ClN4O2. The van der Waals surface area contributed by atoms with E-state index in [-0.39, 0.29) is 5.91 Å². The molecule has 0 saturated carbocycles. The lowest BCUT2D eigenvalue weighted by Gasteiger charge is -2.30. The zero-order chi connectivity index (χ0) is 17.2. The van der Waals surface area contributed by atoms with Crippen LogP contribution in [0.25, 0.3) is 0 Å². The molecule has 24 heavy (non-hydrogen) atoms. The normalized spacial score (nSPS) is 26.2. The number of benzene rings is 1. The van der Waals surface area contributed by atoms with Gasteiger partial charge in [0.15, 0.2) is 0 Å². The molecule has 0 saturated heterocycles. The number of dihydropyridines is 1. The Balaban J connectivity index is 1.75. The van der Waals surface area contributed by atoms with Gasteiger partial charge in [0, 0.05) is 11.9 Å². The van der Waals surface area contributed by atoms with Gasteiger partial charge in [0.25, 0.3) is 5.91 Å². The van der Waals surface area contributed by atoms with Crippen molar-refractivity contribution in [2.24, 2.45) is 10.7 Å². The second-order valence-electron chi connectivity index (χ2n) is 5.97. The molecule has 0 spiro atoms. The van der Waals surface area contributed by atoms with Crippen molar-refractivity contribution in [2.75, 3.05) is 18.5 Å². The number of amidine groups is 1. The average Bonchev–Trinajstić information content (AvgIpc) is 2.55. The second kappa shape index (κ2) is 6.67. The van der Waals surface area contributed by atoms with Crippen LogP contribution >= 0.6 is 11.6 Å². The van der Waals surface area contributed by atoms with Gasteiger partial charge in [-0.3, -0.25) is 9.79 Å².